The molecule has 4 N–H and O–H groups in total. The van der Waals surface area contributed by atoms with Gasteiger partial charge in [0.25, 0.3) is 0 Å². The summed E-state index contributed by atoms with van der Waals surface area (Å²) >= 11 is 0. The van der Waals surface area contributed by atoms with Gasteiger partial charge in [-0.3, -0.25) is 9.59 Å². The van der Waals surface area contributed by atoms with Crippen molar-refractivity contribution in [1.29, 1.82) is 0 Å². The fourth-order valence-corrected chi connectivity index (χ4v) is 2.19. The molecule has 0 saturated heterocycles. The molecule has 0 bridgehead atoms. The second-order valence-corrected chi connectivity index (χ2v) is 6.38. The first-order chi connectivity index (χ1) is 12.1. The predicted octanol–water partition coefficient (Wildman–Crippen LogP) is 2.44. The Hall–Kier alpha value is -1.67. The van der Waals surface area contributed by atoms with Crippen LogP contribution in [0.2, 0.25) is 0 Å². The third kappa shape index (κ3) is 14.7. The zero-order valence-corrected chi connectivity index (χ0v) is 16.2. The van der Waals surface area contributed by atoms with Gasteiger partial charge in [-0.25, -0.2) is 4.79 Å². The zero-order valence-electron chi connectivity index (χ0n) is 16.2. The van der Waals surface area contributed by atoms with E-state index in [1.807, 2.05) is 0 Å². The highest BCUT2D eigenvalue weighted by Crippen LogP contribution is 2.15. The topological polar surface area (TPSA) is 135 Å². The minimum atomic E-state index is -2.74. The number of carboxylic acid groups (broad SMARTS) is 3. The van der Waals surface area contributed by atoms with Crippen molar-refractivity contribution in [3.63, 3.8) is 0 Å². The molecule has 0 aromatic rings. The molecule has 0 rings (SSSR count). The molecular formula is C18H35NO7. The smallest absolute Gasteiger partial charge is 0.336 e. The third-order valence-corrected chi connectivity index (χ3v) is 3.77. The molecule has 0 spiro atoms. The molecule has 8 heteroatoms. The lowest BCUT2D eigenvalue weighted by Gasteiger charge is -2.21. The average Bonchev–Trinajstić information content (AvgIpc) is 2.53. The summed E-state index contributed by atoms with van der Waals surface area (Å²) in [4.78, 5) is 33.1. The lowest BCUT2D eigenvalue weighted by Crippen LogP contribution is -2.42. The Kier molecular flexibility index (Phi) is 15.9. The van der Waals surface area contributed by atoms with Gasteiger partial charge in [0.15, 0.2) is 5.60 Å². The highest BCUT2D eigenvalue weighted by molar-refractivity contribution is 5.88. The first-order valence-corrected chi connectivity index (χ1v) is 9.24. The van der Waals surface area contributed by atoms with Crippen LogP contribution in [0.4, 0.5) is 0 Å². The molecule has 8 nitrogen and oxygen atoms in total. The zero-order chi connectivity index (χ0) is 20.6. The van der Waals surface area contributed by atoms with Gasteiger partial charge in [-0.05, 0) is 38.9 Å². The molecule has 0 aromatic carbocycles. The number of hydrogen-bond acceptors (Lipinski definition) is 5. The largest absolute Gasteiger partial charge is 0.481 e. The molecule has 0 aliphatic rings. The van der Waals surface area contributed by atoms with E-state index in [1.165, 1.54) is 58.2 Å². The monoisotopic (exact) mass is 377 g/mol. The second-order valence-electron chi connectivity index (χ2n) is 6.38. The van der Waals surface area contributed by atoms with Gasteiger partial charge in [-0.15, -0.1) is 0 Å². The molecule has 0 aromatic heterocycles. The summed E-state index contributed by atoms with van der Waals surface area (Å²) in [5.41, 5.74) is -2.74. The van der Waals surface area contributed by atoms with Gasteiger partial charge in [-0.2, -0.15) is 0 Å². The molecule has 26 heavy (non-hydrogen) atoms. The maximum atomic E-state index is 10.3. The SMILES string of the molecule is CCCCN(CCCC)CCCC.O=C(O)CC(O)(CC(=O)O)C(=O)O. The number of unbranched alkanes of at least 4 members (excludes halogenated alkanes) is 3. The van der Waals surface area contributed by atoms with Crippen LogP contribution in [0.1, 0.15) is 72.1 Å². The number of nitrogens with zero attached hydrogens (tertiary/aromatic N) is 1. The molecule has 0 saturated carbocycles. The fourth-order valence-electron chi connectivity index (χ4n) is 2.19. The summed E-state index contributed by atoms with van der Waals surface area (Å²) in [6.45, 7) is 10.8. The molecule has 0 heterocycles. The van der Waals surface area contributed by atoms with E-state index in [1.54, 1.807) is 0 Å². The van der Waals surface area contributed by atoms with E-state index in [4.69, 9.17) is 20.4 Å². The predicted molar refractivity (Wildman–Crippen MR) is 98.3 cm³/mol. The molecule has 0 aliphatic heterocycles. The summed E-state index contributed by atoms with van der Waals surface area (Å²) < 4.78 is 0. The summed E-state index contributed by atoms with van der Waals surface area (Å²) in [5, 5.41) is 33.8. The molecule has 0 amide bonds. The Bertz CT molecular complexity index is 377. The van der Waals surface area contributed by atoms with E-state index in [2.05, 4.69) is 25.7 Å². The van der Waals surface area contributed by atoms with Crippen LogP contribution in [-0.4, -0.2) is 68.5 Å². The number of carboxylic acids is 3. The third-order valence-electron chi connectivity index (χ3n) is 3.77. The number of aliphatic carboxylic acids is 3. The van der Waals surface area contributed by atoms with E-state index in [0.717, 1.165) is 0 Å². The molecule has 0 atom stereocenters. The maximum absolute atomic E-state index is 10.3. The van der Waals surface area contributed by atoms with Crippen molar-refractivity contribution in [3.05, 3.63) is 0 Å². The lowest BCUT2D eigenvalue weighted by molar-refractivity contribution is -0.170. The fraction of sp³-hybridized carbons (Fsp3) is 0.833. The van der Waals surface area contributed by atoms with Crippen molar-refractivity contribution in [2.75, 3.05) is 19.6 Å². The molecular weight excluding hydrogens is 342 g/mol. The molecule has 0 radical (unpaired) electrons. The standard InChI is InChI=1S/C12H27N.C6H8O7/c1-4-7-10-13(11-8-5-2)12-9-6-3;7-3(8)1-6(13,5(11)12)2-4(9)10/h4-12H2,1-3H3;13H,1-2H2,(H,7,8)(H,9,10)(H,11,12). The Morgan fingerprint density at radius 3 is 1.23 bits per heavy atom. The van der Waals surface area contributed by atoms with Crippen LogP contribution in [0.25, 0.3) is 0 Å². The van der Waals surface area contributed by atoms with Crippen molar-refractivity contribution in [3.8, 4) is 0 Å². The maximum Gasteiger partial charge on any atom is 0.336 e. The summed E-state index contributed by atoms with van der Waals surface area (Å²) in [6, 6.07) is 0. The van der Waals surface area contributed by atoms with Crippen molar-refractivity contribution in [1.82, 2.24) is 4.90 Å². The Balaban J connectivity index is 0. The number of aliphatic hydroxyl groups is 1. The number of rotatable bonds is 14. The second kappa shape index (κ2) is 15.6. The minimum absolute atomic E-state index is 1.14. The van der Waals surface area contributed by atoms with E-state index in [0.29, 0.717) is 0 Å². The van der Waals surface area contributed by atoms with Crippen LogP contribution in [0, 0.1) is 0 Å². The van der Waals surface area contributed by atoms with E-state index < -0.39 is 36.4 Å². The normalized spacial score (nSPS) is 11.0. The highest BCUT2D eigenvalue weighted by Gasteiger charge is 2.40. The summed E-state index contributed by atoms with van der Waals surface area (Å²) in [7, 11) is 0. The van der Waals surface area contributed by atoms with Crippen LogP contribution < -0.4 is 0 Å². The Labute approximate surface area is 155 Å². The molecule has 0 unspecified atom stereocenters. The average molecular weight is 377 g/mol. The van der Waals surface area contributed by atoms with Gasteiger partial charge in [0.2, 0.25) is 0 Å². The highest BCUT2D eigenvalue weighted by atomic mass is 16.4. The number of hydrogen-bond donors (Lipinski definition) is 4. The minimum Gasteiger partial charge on any atom is -0.481 e. The summed E-state index contributed by atoms with van der Waals surface area (Å²) in [6.07, 6.45) is 5.80. The Morgan fingerprint density at radius 1 is 0.731 bits per heavy atom. The van der Waals surface area contributed by atoms with Crippen LogP contribution in [-0.2, 0) is 14.4 Å². The first kappa shape index (κ1) is 26.6. The van der Waals surface area contributed by atoms with E-state index >= 15 is 0 Å². The van der Waals surface area contributed by atoms with Crippen molar-refractivity contribution in [2.45, 2.75) is 77.7 Å². The summed E-state index contributed by atoms with van der Waals surface area (Å²) in [5.74, 6) is -5.02. The Morgan fingerprint density at radius 2 is 1.04 bits per heavy atom. The lowest BCUT2D eigenvalue weighted by atomic mass is 9.96. The van der Waals surface area contributed by atoms with Gasteiger partial charge in [0, 0.05) is 0 Å². The quantitative estimate of drug-likeness (QED) is 0.362. The van der Waals surface area contributed by atoms with Crippen molar-refractivity contribution in [2.24, 2.45) is 0 Å². The van der Waals surface area contributed by atoms with Gasteiger partial charge in [0.05, 0.1) is 12.8 Å². The van der Waals surface area contributed by atoms with Crippen LogP contribution in [0.5, 0.6) is 0 Å². The van der Waals surface area contributed by atoms with Gasteiger partial charge in [-0.1, -0.05) is 40.0 Å². The molecule has 0 aliphatic carbocycles. The first-order valence-electron chi connectivity index (χ1n) is 9.24. The van der Waals surface area contributed by atoms with Gasteiger partial charge >= 0.3 is 17.9 Å². The van der Waals surface area contributed by atoms with Gasteiger partial charge in [0.1, 0.15) is 0 Å². The van der Waals surface area contributed by atoms with Crippen LogP contribution >= 0.6 is 0 Å². The number of carbonyl (C=O) groups is 3. The molecule has 154 valence electrons. The molecule has 0 fully saturated rings. The van der Waals surface area contributed by atoms with E-state index in [-0.39, 0.29) is 0 Å². The van der Waals surface area contributed by atoms with Crippen LogP contribution in [0.3, 0.4) is 0 Å². The van der Waals surface area contributed by atoms with E-state index in [9.17, 15) is 14.4 Å². The van der Waals surface area contributed by atoms with Crippen LogP contribution in [0.15, 0.2) is 0 Å². The van der Waals surface area contributed by atoms with Crippen molar-refractivity contribution < 1.29 is 34.8 Å². The van der Waals surface area contributed by atoms with Gasteiger partial charge < -0.3 is 25.3 Å². The van der Waals surface area contributed by atoms with Crippen molar-refractivity contribution >= 4 is 17.9 Å².